The third kappa shape index (κ3) is 2.13. The van der Waals surface area contributed by atoms with E-state index in [1.165, 1.54) is 12.8 Å². The topological polar surface area (TPSA) is 50.9 Å². The number of pyridine rings is 1. The maximum absolute atomic E-state index is 5.97. The minimum atomic E-state index is 0.737. The normalized spacial score (nSPS) is 16.7. The first kappa shape index (κ1) is 11.3. The van der Waals surface area contributed by atoms with Crippen LogP contribution in [0.25, 0.3) is 10.9 Å². The van der Waals surface area contributed by atoms with Crippen molar-refractivity contribution >= 4 is 22.3 Å². The second-order valence-corrected chi connectivity index (χ2v) is 5.30. The van der Waals surface area contributed by atoms with Gasteiger partial charge in [0, 0.05) is 23.8 Å². The van der Waals surface area contributed by atoms with Crippen molar-refractivity contribution in [2.45, 2.75) is 19.8 Å². The maximum Gasteiger partial charge on any atom is 0.0953 e. The van der Waals surface area contributed by atoms with E-state index in [0.717, 1.165) is 40.7 Å². The number of nitrogens with one attached hydrogen (secondary N) is 1. The van der Waals surface area contributed by atoms with Gasteiger partial charge in [-0.3, -0.25) is 4.98 Å². The van der Waals surface area contributed by atoms with E-state index in [1.807, 2.05) is 30.5 Å². The number of aromatic nitrogens is 1. The number of rotatable bonds is 4. The molecule has 1 unspecified atom stereocenters. The average molecular weight is 241 g/mol. The Morgan fingerprint density at radius 1 is 1.39 bits per heavy atom. The van der Waals surface area contributed by atoms with E-state index in [0.29, 0.717) is 0 Å². The molecule has 1 fully saturated rings. The summed E-state index contributed by atoms with van der Waals surface area (Å²) in [6.45, 7) is 3.33. The van der Waals surface area contributed by atoms with Crippen LogP contribution in [0.5, 0.6) is 0 Å². The number of hydrogen-bond acceptors (Lipinski definition) is 3. The predicted octanol–water partition coefficient (Wildman–Crippen LogP) is 3.28. The fourth-order valence-electron chi connectivity index (χ4n) is 2.44. The van der Waals surface area contributed by atoms with Crippen molar-refractivity contribution in [3.8, 4) is 0 Å². The molecule has 0 spiro atoms. The number of anilines is 2. The van der Waals surface area contributed by atoms with Crippen molar-refractivity contribution in [3.05, 3.63) is 30.5 Å². The zero-order valence-electron chi connectivity index (χ0n) is 10.7. The van der Waals surface area contributed by atoms with Crippen LogP contribution in [-0.2, 0) is 0 Å². The summed E-state index contributed by atoms with van der Waals surface area (Å²) in [4.78, 5) is 4.44. The molecule has 18 heavy (non-hydrogen) atoms. The summed E-state index contributed by atoms with van der Waals surface area (Å²) >= 11 is 0. The van der Waals surface area contributed by atoms with Gasteiger partial charge in [0.05, 0.1) is 11.2 Å². The third-order valence-corrected chi connectivity index (χ3v) is 3.84. The molecular formula is C15H19N3. The lowest BCUT2D eigenvalue weighted by Gasteiger charge is -2.14. The number of nitrogen functional groups attached to an aromatic ring is 1. The van der Waals surface area contributed by atoms with Crippen LogP contribution in [-0.4, -0.2) is 11.5 Å². The van der Waals surface area contributed by atoms with E-state index in [9.17, 15) is 0 Å². The Morgan fingerprint density at radius 2 is 2.22 bits per heavy atom. The van der Waals surface area contributed by atoms with E-state index in [1.54, 1.807) is 0 Å². The lowest BCUT2D eigenvalue weighted by atomic mass is 10.1. The van der Waals surface area contributed by atoms with Crippen molar-refractivity contribution in [1.82, 2.24) is 4.98 Å². The van der Waals surface area contributed by atoms with Crippen LogP contribution in [0, 0.1) is 11.8 Å². The van der Waals surface area contributed by atoms with Gasteiger partial charge in [-0.25, -0.2) is 0 Å². The van der Waals surface area contributed by atoms with Crippen molar-refractivity contribution in [2.75, 3.05) is 17.6 Å². The Labute approximate surface area is 107 Å². The number of benzene rings is 1. The summed E-state index contributed by atoms with van der Waals surface area (Å²) in [5.41, 5.74) is 8.82. The Kier molecular flexibility index (Phi) is 2.82. The fraction of sp³-hybridized carbons (Fsp3) is 0.400. The summed E-state index contributed by atoms with van der Waals surface area (Å²) in [5.74, 6) is 1.66. The molecule has 0 bridgehead atoms. The molecule has 0 aliphatic heterocycles. The highest BCUT2D eigenvalue weighted by atomic mass is 14.9. The largest absolute Gasteiger partial charge is 0.398 e. The second kappa shape index (κ2) is 4.48. The highest BCUT2D eigenvalue weighted by Crippen LogP contribution is 2.36. The molecular weight excluding hydrogens is 222 g/mol. The molecule has 3 rings (SSSR count). The Morgan fingerprint density at radius 3 is 3.00 bits per heavy atom. The van der Waals surface area contributed by atoms with Gasteiger partial charge in [0.15, 0.2) is 0 Å². The van der Waals surface area contributed by atoms with E-state index >= 15 is 0 Å². The summed E-state index contributed by atoms with van der Waals surface area (Å²) in [6.07, 6.45) is 4.60. The smallest absolute Gasteiger partial charge is 0.0953 e. The van der Waals surface area contributed by atoms with Crippen LogP contribution in [0.1, 0.15) is 19.8 Å². The highest BCUT2D eigenvalue weighted by Gasteiger charge is 2.27. The van der Waals surface area contributed by atoms with Crippen LogP contribution in [0.2, 0.25) is 0 Å². The molecule has 0 radical (unpaired) electrons. The van der Waals surface area contributed by atoms with Crippen LogP contribution >= 0.6 is 0 Å². The van der Waals surface area contributed by atoms with Crippen LogP contribution in [0.4, 0.5) is 11.4 Å². The maximum atomic E-state index is 5.97. The van der Waals surface area contributed by atoms with Gasteiger partial charge in [-0.1, -0.05) is 6.92 Å². The second-order valence-electron chi connectivity index (χ2n) is 5.30. The lowest BCUT2D eigenvalue weighted by molar-refractivity contribution is 0.537. The van der Waals surface area contributed by atoms with Gasteiger partial charge in [-0.2, -0.15) is 0 Å². The first-order valence-electron chi connectivity index (χ1n) is 6.63. The number of fused-ring (bicyclic) bond motifs is 1. The van der Waals surface area contributed by atoms with Gasteiger partial charge < -0.3 is 11.1 Å². The first-order chi connectivity index (χ1) is 8.75. The van der Waals surface area contributed by atoms with Crippen molar-refractivity contribution in [2.24, 2.45) is 11.8 Å². The summed E-state index contributed by atoms with van der Waals surface area (Å²) < 4.78 is 0. The van der Waals surface area contributed by atoms with E-state index in [2.05, 4.69) is 17.2 Å². The number of hydrogen-bond donors (Lipinski definition) is 2. The lowest BCUT2D eigenvalue weighted by Crippen LogP contribution is -2.13. The quantitative estimate of drug-likeness (QED) is 0.808. The molecule has 1 atom stereocenters. The minimum Gasteiger partial charge on any atom is -0.398 e. The molecule has 1 aliphatic rings. The van der Waals surface area contributed by atoms with Crippen LogP contribution in [0.3, 0.4) is 0 Å². The first-order valence-corrected chi connectivity index (χ1v) is 6.63. The van der Waals surface area contributed by atoms with E-state index in [4.69, 9.17) is 5.73 Å². The number of nitrogens with two attached hydrogens (primary N) is 1. The zero-order chi connectivity index (χ0) is 12.5. The highest BCUT2D eigenvalue weighted by molar-refractivity contribution is 5.98. The molecule has 1 aromatic carbocycles. The van der Waals surface area contributed by atoms with Crippen molar-refractivity contribution in [1.29, 1.82) is 0 Å². The van der Waals surface area contributed by atoms with Gasteiger partial charge in [0.25, 0.3) is 0 Å². The van der Waals surface area contributed by atoms with Crippen LogP contribution in [0.15, 0.2) is 30.5 Å². The van der Waals surface area contributed by atoms with Crippen molar-refractivity contribution in [3.63, 3.8) is 0 Å². The summed E-state index contributed by atoms with van der Waals surface area (Å²) in [5, 5.41) is 4.55. The number of nitrogens with zero attached hydrogens (tertiary/aromatic N) is 1. The fourth-order valence-corrected chi connectivity index (χ4v) is 2.44. The molecule has 2 aromatic rings. The Hall–Kier alpha value is -1.77. The zero-order valence-corrected chi connectivity index (χ0v) is 10.7. The standard InChI is InChI=1S/C15H19N3/c1-10(11-4-5-11)9-18-14-7-6-13(16)12-3-2-8-17-15(12)14/h2-3,6-8,10-11,18H,4-5,9,16H2,1H3. The average Bonchev–Trinajstić information content (AvgIpc) is 3.22. The molecule has 1 aromatic heterocycles. The van der Waals surface area contributed by atoms with Crippen molar-refractivity contribution < 1.29 is 0 Å². The molecule has 1 aliphatic carbocycles. The van der Waals surface area contributed by atoms with Gasteiger partial charge in [-0.15, -0.1) is 0 Å². The Bertz CT molecular complexity index is 561. The molecule has 0 amide bonds. The summed E-state index contributed by atoms with van der Waals surface area (Å²) in [7, 11) is 0. The molecule has 94 valence electrons. The van der Waals surface area contributed by atoms with Crippen LogP contribution < -0.4 is 11.1 Å². The van der Waals surface area contributed by atoms with E-state index < -0.39 is 0 Å². The molecule has 0 saturated heterocycles. The van der Waals surface area contributed by atoms with Gasteiger partial charge in [-0.05, 0) is 48.9 Å². The SMILES string of the molecule is CC(CNc1ccc(N)c2cccnc12)C1CC1. The van der Waals surface area contributed by atoms with E-state index in [-0.39, 0.29) is 0 Å². The van der Waals surface area contributed by atoms with Gasteiger partial charge in [0.2, 0.25) is 0 Å². The van der Waals surface area contributed by atoms with Gasteiger partial charge in [0.1, 0.15) is 0 Å². The summed E-state index contributed by atoms with van der Waals surface area (Å²) in [6, 6.07) is 7.93. The Balaban J connectivity index is 1.85. The monoisotopic (exact) mass is 241 g/mol. The molecule has 3 nitrogen and oxygen atoms in total. The third-order valence-electron chi connectivity index (χ3n) is 3.84. The molecule has 3 N–H and O–H groups in total. The molecule has 1 heterocycles. The minimum absolute atomic E-state index is 0.737. The van der Waals surface area contributed by atoms with Gasteiger partial charge >= 0.3 is 0 Å². The molecule has 3 heteroatoms. The predicted molar refractivity (Wildman–Crippen MR) is 76.5 cm³/mol. The molecule has 1 saturated carbocycles.